The molecule has 8 nitrogen and oxygen atoms in total. The average molecular weight is 392 g/mol. The van der Waals surface area contributed by atoms with Gasteiger partial charge >= 0.3 is 6.01 Å². The second kappa shape index (κ2) is 10.5. The summed E-state index contributed by atoms with van der Waals surface area (Å²) in [4.78, 5) is 0. The lowest BCUT2D eigenvalue weighted by Crippen LogP contribution is -2.18. The van der Waals surface area contributed by atoms with Crippen LogP contribution >= 0.6 is 12.4 Å². The molecule has 0 saturated carbocycles. The Bertz CT molecular complexity index is 829. The molecule has 0 aliphatic rings. The van der Waals surface area contributed by atoms with Crippen LogP contribution in [0.3, 0.4) is 0 Å². The van der Waals surface area contributed by atoms with Crippen LogP contribution in [-0.2, 0) is 11.3 Å². The lowest BCUT2D eigenvalue weighted by Gasteiger charge is -2.12. The highest BCUT2D eigenvalue weighted by atomic mass is 35.5. The van der Waals surface area contributed by atoms with E-state index in [0.29, 0.717) is 24.7 Å². The molecule has 0 amide bonds. The van der Waals surface area contributed by atoms with E-state index < -0.39 is 0 Å². The maximum absolute atomic E-state index is 5.89. The Balaban J connectivity index is 0.00000261. The van der Waals surface area contributed by atoms with Gasteiger partial charge in [0.25, 0.3) is 0 Å². The zero-order chi connectivity index (χ0) is 18.2. The predicted molar refractivity (Wildman–Crippen MR) is 103 cm³/mol. The molecular weight excluding hydrogens is 370 g/mol. The third-order valence-corrected chi connectivity index (χ3v) is 3.68. The lowest BCUT2D eigenvalue weighted by molar-refractivity contribution is 0.199. The summed E-state index contributed by atoms with van der Waals surface area (Å²) < 4.78 is 17.9. The summed E-state index contributed by atoms with van der Waals surface area (Å²) in [5.74, 6) is 1.15. The minimum Gasteiger partial charge on any atom is -0.493 e. The maximum Gasteiger partial charge on any atom is 0.346 e. The number of hydrogen-bond acceptors (Lipinski definition) is 7. The molecule has 3 aromatic rings. The van der Waals surface area contributed by atoms with Crippen LogP contribution in [0.4, 0.5) is 0 Å². The molecule has 0 fully saturated rings. The number of aromatic nitrogens is 4. The van der Waals surface area contributed by atoms with E-state index in [1.54, 1.807) is 14.2 Å². The van der Waals surface area contributed by atoms with Gasteiger partial charge in [-0.05, 0) is 40.3 Å². The first-order chi connectivity index (χ1) is 12.8. The largest absolute Gasteiger partial charge is 0.493 e. The summed E-state index contributed by atoms with van der Waals surface area (Å²) in [6.45, 7) is 2.16. The van der Waals surface area contributed by atoms with Crippen LogP contribution in [0.5, 0.6) is 17.5 Å². The van der Waals surface area contributed by atoms with E-state index in [2.05, 4.69) is 20.8 Å². The molecule has 0 unspecified atom stereocenters. The van der Waals surface area contributed by atoms with Crippen molar-refractivity contribution in [1.29, 1.82) is 0 Å². The fourth-order valence-corrected chi connectivity index (χ4v) is 2.39. The first-order valence-electron chi connectivity index (χ1n) is 8.20. The molecule has 9 heteroatoms. The number of methoxy groups -OCH3 is 2. The second-order valence-electron chi connectivity index (χ2n) is 5.47. The van der Waals surface area contributed by atoms with Crippen molar-refractivity contribution in [2.75, 3.05) is 27.4 Å². The van der Waals surface area contributed by atoms with Crippen molar-refractivity contribution in [3.63, 3.8) is 0 Å². The van der Waals surface area contributed by atoms with Gasteiger partial charge in [-0.3, -0.25) is 0 Å². The second-order valence-corrected chi connectivity index (χ2v) is 5.47. The van der Waals surface area contributed by atoms with Crippen molar-refractivity contribution in [3.8, 4) is 23.2 Å². The predicted octanol–water partition coefficient (Wildman–Crippen LogP) is 2.62. The van der Waals surface area contributed by atoms with Gasteiger partial charge in [0.15, 0.2) is 11.5 Å². The fraction of sp³-hybridized carbons (Fsp3) is 0.278. The van der Waals surface area contributed by atoms with Crippen LogP contribution < -0.4 is 14.8 Å². The molecular formula is C18H22ClN5O3. The number of tetrazole rings is 1. The van der Waals surface area contributed by atoms with Crippen molar-refractivity contribution in [2.45, 2.75) is 6.54 Å². The highest BCUT2D eigenvalue weighted by molar-refractivity contribution is 5.85. The van der Waals surface area contributed by atoms with E-state index in [1.165, 1.54) is 4.68 Å². The first-order valence-corrected chi connectivity index (χ1v) is 8.20. The van der Waals surface area contributed by atoms with E-state index in [0.717, 1.165) is 17.8 Å². The van der Waals surface area contributed by atoms with Crippen molar-refractivity contribution < 1.29 is 14.2 Å². The van der Waals surface area contributed by atoms with Gasteiger partial charge in [0.05, 0.1) is 19.4 Å². The first kappa shape index (κ1) is 20.6. The molecule has 0 bridgehead atoms. The Morgan fingerprint density at radius 2 is 1.85 bits per heavy atom. The van der Waals surface area contributed by atoms with Crippen LogP contribution in [0.25, 0.3) is 5.69 Å². The maximum atomic E-state index is 5.89. The quantitative estimate of drug-likeness (QED) is 0.561. The third-order valence-electron chi connectivity index (χ3n) is 3.68. The van der Waals surface area contributed by atoms with Crippen molar-refractivity contribution in [1.82, 2.24) is 25.5 Å². The van der Waals surface area contributed by atoms with Crippen molar-refractivity contribution in [2.24, 2.45) is 0 Å². The minimum atomic E-state index is 0. The third kappa shape index (κ3) is 5.40. The topological polar surface area (TPSA) is 83.3 Å². The number of benzene rings is 2. The highest BCUT2D eigenvalue weighted by Crippen LogP contribution is 2.32. The van der Waals surface area contributed by atoms with Gasteiger partial charge in [0, 0.05) is 20.2 Å². The van der Waals surface area contributed by atoms with Crippen LogP contribution in [0.1, 0.15) is 5.56 Å². The van der Waals surface area contributed by atoms with Crippen LogP contribution in [-0.4, -0.2) is 47.6 Å². The molecule has 1 heterocycles. The fourth-order valence-electron chi connectivity index (χ4n) is 2.39. The highest BCUT2D eigenvalue weighted by Gasteiger charge is 2.14. The van der Waals surface area contributed by atoms with Gasteiger partial charge in [-0.15, -0.1) is 12.4 Å². The summed E-state index contributed by atoms with van der Waals surface area (Å²) >= 11 is 0. The SMILES string of the molecule is COCCNCc1ccc(Oc2nnnn2-c2ccccc2)c(OC)c1.Cl. The standard InChI is InChI=1S/C18H21N5O3.ClH/c1-24-11-10-19-13-14-8-9-16(17(12-14)25-2)26-18-20-21-22-23(18)15-6-4-3-5-7-15;/h3-9,12,19H,10-11,13H2,1-2H3;1H. The molecule has 2 aromatic carbocycles. The van der Waals surface area contributed by atoms with Gasteiger partial charge < -0.3 is 19.5 Å². The summed E-state index contributed by atoms with van der Waals surface area (Å²) in [6.07, 6.45) is 0. The summed E-state index contributed by atoms with van der Waals surface area (Å²) in [5.41, 5.74) is 1.89. The number of halogens is 1. The molecule has 0 atom stereocenters. The molecule has 144 valence electrons. The van der Waals surface area contributed by atoms with E-state index in [4.69, 9.17) is 14.2 Å². The number of ether oxygens (including phenoxy) is 3. The molecule has 0 spiro atoms. The van der Waals surface area contributed by atoms with Crippen LogP contribution in [0.15, 0.2) is 48.5 Å². The molecule has 0 aliphatic carbocycles. The number of nitrogens with zero attached hydrogens (tertiary/aromatic N) is 4. The van der Waals surface area contributed by atoms with Gasteiger partial charge in [0.1, 0.15) is 0 Å². The van der Waals surface area contributed by atoms with Crippen molar-refractivity contribution >= 4 is 12.4 Å². The summed E-state index contributed by atoms with van der Waals surface area (Å²) in [5, 5.41) is 14.9. The Morgan fingerprint density at radius 1 is 1.04 bits per heavy atom. The minimum absolute atomic E-state index is 0. The molecule has 0 radical (unpaired) electrons. The Kier molecular flexibility index (Phi) is 8.00. The molecule has 27 heavy (non-hydrogen) atoms. The Morgan fingerprint density at radius 3 is 2.59 bits per heavy atom. The van der Waals surface area contributed by atoms with Crippen LogP contribution in [0, 0.1) is 0 Å². The van der Waals surface area contributed by atoms with Crippen LogP contribution in [0.2, 0.25) is 0 Å². The number of nitrogens with one attached hydrogen (secondary N) is 1. The van der Waals surface area contributed by atoms with Gasteiger partial charge in [-0.2, -0.15) is 4.68 Å². The molecule has 0 aliphatic heterocycles. The van der Waals surface area contributed by atoms with E-state index in [-0.39, 0.29) is 18.4 Å². The number of hydrogen-bond donors (Lipinski definition) is 1. The molecule has 3 rings (SSSR count). The molecule has 0 saturated heterocycles. The Labute approximate surface area is 163 Å². The van der Waals surface area contributed by atoms with Gasteiger partial charge in [-0.25, -0.2) is 0 Å². The summed E-state index contributed by atoms with van der Waals surface area (Å²) in [7, 11) is 3.28. The summed E-state index contributed by atoms with van der Waals surface area (Å²) in [6, 6.07) is 15.5. The van der Waals surface area contributed by atoms with E-state index >= 15 is 0 Å². The molecule has 1 N–H and O–H groups in total. The van der Waals surface area contributed by atoms with Gasteiger partial charge in [0.2, 0.25) is 0 Å². The zero-order valence-electron chi connectivity index (χ0n) is 15.2. The van der Waals surface area contributed by atoms with E-state index in [1.807, 2.05) is 48.5 Å². The number of rotatable bonds is 9. The smallest absolute Gasteiger partial charge is 0.346 e. The average Bonchev–Trinajstić information content (AvgIpc) is 3.15. The lowest BCUT2D eigenvalue weighted by atomic mass is 10.2. The van der Waals surface area contributed by atoms with E-state index in [9.17, 15) is 0 Å². The number of para-hydroxylation sites is 1. The normalized spacial score (nSPS) is 10.3. The van der Waals surface area contributed by atoms with Crippen molar-refractivity contribution in [3.05, 3.63) is 54.1 Å². The van der Waals surface area contributed by atoms with Gasteiger partial charge in [-0.1, -0.05) is 29.4 Å². The Hall–Kier alpha value is -2.68. The molecule has 1 aromatic heterocycles. The monoisotopic (exact) mass is 391 g/mol. The zero-order valence-corrected chi connectivity index (χ0v) is 16.0.